The summed E-state index contributed by atoms with van der Waals surface area (Å²) in [5.74, 6) is -1.17. The van der Waals surface area contributed by atoms with Crippen molar-refractivity contribution in [1.29, 1.82) is 0 Å². The second kappa shape index (κ2) is 6.87. The van der Waals surface area contributed by atoms with E-state index in [-0.39, 0.29) is 12.3 Å². The van der Waals surface area contributed by atoms with Crippen molar-refractivity contribution >= 4 is 17.4 Å². The molecule has 0 saturated carbocycles. The number of carbonyl (C=O) groups is 2. The van der Waals surface area contributed by atoms with E-state index in [4.69, 9.17) is 10.8 Å². The Balaban J connectivity index is 2.48. The second-order valence-corrected chi connectivity index (χ2v) is 4.94. The third kappa shape index (κ3) is 3.32. The Hall–Kier alpha value is -2.66. The van der Waals surface area contributed by atoms with Gasteiger partial charge in [0.05, 0.1) is 5.56 Å². The van der Waals surface area contributed by atoms with Gasteiger partial charge in [0.1, 0.15) is 6.04 Å². The molecule has 2 aromatic rings. The number of benzene rings is 2. The van der Waals surface area contributed by atoms with Gasteiger partial charge in [-0.3, -0.25) is 9.59 Å². The Morgan fingerprint density at radius 3 is 2.41 bits per heavy atom. The van der Waals surface area contributed by atoms with Crippen molar-refractivity contribution in [2.75, 3.05) is 5.32 Å². The van der Waals surface area contributed by atoms with Crippen LogP contribution in [0, 0.1) is 0 Å². The predicted octanol–water partition coefficient (Wildman–Crippen LogP) is 2.26. The molecule has 0 fully saturated rings. The highest BCUT2D eigenvalue weighted by Crippen LogP contribution is 2.24. The largest absolute Gasteiger partial charge is 0.480 e. The summed E-state index contributed by atoms with van der Waals surface area (Å²) in [5.41, 5.74) is 7.84. The van der Waals surface area contributed by atoms with E-state index >= 15 is 0 Å². The first kappa shape index (κ1) is 15.7. The molecule has 2 rings (SSSR count). The van der Waals surface area contributed by atoms with Crippen LogP contribution in [-0.4, -0.2) is 22.9 Å². The van der Waals surface area contributed by atoms with E-state index < -0.39 is 12.0 Å². The zero-order chi connectivity index (χ0) is 16.1. The molecule has 1 atom stereocenters. The van der Waals surface area contributed by atoms with E-state index in [1.807, 2.05) is 6.07 Å². The third-order valence-corrected chi connectivity index (χ3v) is 3.38. The second-order valence-electron chi connectivity index (χ2n) is 4.94. The number of carbonyl (C=O) groups excluding carboxylic acids is 1. The quantitative estimate of drug-likeness (QED) is 0.711. The van der Waals surface area contributed by atoms with E-state index in [0.717, 1.165) is 0 Å². The van der Waals surface area contributed by atoms with Crippen molar-refractivity contribution in [2.24, 2.45) is 5.73 Å². The van der Waals surface area contributed by atoms with Crippen LogP contribution in [0.15, 0.2) is 48.5 Å². The highest BCUT2D eigenvalue weighted by Gasteiger charge is 2.20. The molecule has 0 unspecified atom stereocenters. The molecule has 5 nitrogen and oxygen atoms in total. The van der Waals surface area contributed by atoms with Gasteiger partial charge in [0.2, 0.25) is 0 Å². The van der Waals surface area contributed by atoms with Crippen LogP contribution in [0.2, 0.25) is 0 Å². The van der Waals surface area contributed by atoms with Crippen LogP contribution in [0.25, 0.3) is 0 Å². The molecule has 5 heteroatoms. The zero-order valence-electron chi connectivity index (χ0n) is 12.2. The number of rotatable bonds is 6. The minimum Gasteiger partial charge on any atom is -0.480 e. The SMILES string of the molecule is C[C@H](Nc1cccc(CN)c1C(=O)c1ccccc1)C(=O)O. The van der Waals surface area contributed by atoms with Gasteiger partial charge in [-0.2, -0.15) is 0 Å². The molecule has 2 aromatic carbocycles. The Morgan fingerprint density at radius 1 is 1.14 bits per heavy atom. The topological polar surface area (TPSA) is 92.4 Å². The molecule has 0 bridgehead atoms. The lowest BCUT2D eigenvalue weighted by molar-refractivity contribution is -0.137. The Bertz CT molecular complexity index is 684. The van der Waals surface area contributed by atoms with E-state index in [9.17, 15) is 9.59 Å². The molecule has 0 aliphatic carbocycles. The van der Waals surface area contributed by atoms with Gasteiger partial charge in [-0.15, -0.1) is 0 Å². The number of carboxylic acid groups (broad SMARTS) is 1. The zero-order valence-corrected chi connectivity index (χ0v) is 12.2. The van der Waals surface area contributed by atoms with Gasteiger partial charge in [0.15, 0.2) is 5.78 Å². The molecule has 0 amide bonds. The molecule has 0 aliphatic heterocycles. The number of hydrogen-bond acceptors (Lipinski definition) is 4. The summed E-state index contributed by atoms with van der Waals surface area (Å²) < 4.78 is 0. The van der Waals surface area contributed by atoms with E-state index in [0.29, 0.717) is 22.4 Å². The lowest BCUT2D eigenvalue weighted by Crippen LogP contribution is -2.27. The number of hydrogen-bond donors (Lipinski definition) is 3. The third-order valence-electron chi connectivity index (χ3n) is 3.38. The molecule has 0 heterocycles. The van der Waals surface area contributed by atoms with Crippen molar-refractivity contribution in [2.45, 2.75) is 19.5 Å². The summed E-state index contributed by atoms with van der Waals surface area (Å²) in [6.45, 7) is 1.72. The minimum atomic E-state index is -0.990. The van der Waals surface area contributed by atoms with E-state index in [1.165, 1.54) is 6.92 Å². The monoisotopic (exact) mass is 298 g/mol. The summed E-state index contributed by atoms with van der Waals surface area (Å²) in [7, 11) is 0. The maximum Gasteiger partial charge on any atom is 0.325 e. The lowest BCUT2D eigenvalue weighted by Gasteiger charge is -2.17. The smallest absolute Gasteiger partial charge is 0.325 e. The number of anilines is 1. The fraction of sp³-hybridized carbons (Fsp3) is 0.176. The van der Waals surface area contributed by atoms with Crippen molar-refractivity contribution in [3.63, 3.8) is 0 Å². The predicted molar refractivity (Wildman–Crippen MR) is 84.9 cm³/mol. The number of nitrogens with one attached hydrogen (secondary N) is 1. The number of aliphatic carboxylic acids is 1. The van der Waals surface area contributed by atoms with Crippen LogP contribution in [0.3, 0.4) is 0 Å². The normalized spacial score (nSPS) is 11.7. The van der Waals surface area contributed by atoms with Gasteiger partial charge < -0.3 is 16.2 Å². The van der Waals surface area contributed by atoms with Crippen LogP contribution in [0.1, 0.15) is 28.4 Å². The van der Waals surface area contributed by atoms with Crippen LogP contribution >= 0.6 is 0 Å². The minimum absolute atomic E-state index is 0.179. The summed E-state index contributed by atoms with van der Waals surface area (Å²) in [6.07, 6.45) is 0. The molecule has 0 radical (unpaired) electrons. The van der Waals surface area contributed by atoms with Crippen molar-refractivity contribution in [3.05, 3.63) is 65.2 Å². The molecule has 0 aliphatic rings. The Morgan fingerprint density at radius 2 is 1.82 bits per heavy atom. The molecular weight excluding hydrogens is 280 g/mol. The van der Waals surface area contributed by atoms with Crippen LogP contribution in [-0.2, 0) is 11.3 Å². The molecule has 0 spiro atoms. The maximum absolute atomic E-state index is 12.8. The molecule has 0 aromatic heterocycles. The summed E-state index contributed by atoms with van der Waals surface area (Å²) >= 11 is 0. The summed E-state index contributed by atoms with van der Waals surface area (Å²) in [4.78, 5) is 23.8. The first-order chi connectivity index (χ1) is 10.5. The first-order valence-corrected chi connectivity index (χ1v) is 6.95. The number of nitrogens with two attached hydrogens (primary N) is 1. The first-order valence-electron chi connectivity index (χ1n) is 6.95. The average Bonchev–Trinajstić information content (AvgIpc) is 2.54. The Labute approximate surface area is 128 Å². The van der Waals surface area contributed by atoms with Gasteiger partial charge in [0.25, 0.3) is 0 Å². The van der Waals surface area contributed by atoms with Gasteiger partial charge in [-0.1, -0.05) is 42.5 Å². The highest BCUT2D eigenvalue weighted by molar-refractivity contribution is 6.13. The molecule has 114 valence electrons. The van der Waals surface area contributed by atoms with Crippen molar-refractivity contribution < 1.29 is 14.7 Å². The molecule has 22 heavy (non-hydrogen) atoms. The average molecular weight is 298 g/mol. The summed E-state index contributed by atoms with van der Waals surface area (Å²) in [5, 5.41) is 11.9. The number of carboxylic acids is 1. The van der Waals surface area contributed by atoms with E-state index in [1.54, 1.807) is 42.5 Å². The Kier molecular flexibility index (Phi) is 4.91. The maximum atomic E-state index is 12.8. The van der Waals surface area contributed by atoms with E-state index in [2.05, 4.69) is 5.32 Å². The molecular formula is C17H18N2O3. The van der Waals surface area contributed by atoms with Crippen LogP contribution < -0.4 is 11.1 Å². The molecule has 4 N–H and O–H groups in total. The highest BCUT2D eigenvalue weighted by atomic mass is 16.4. The number of ketones is 1. The molecule has 0 saturated heterocycles. The van der Waals surface area contributed by atoms with Crippen LogP contribution in [0.5, 0.6) is 0 Å². The van der Waals surface area contributed by atoms with Crippen molar-refractivity contribution in [3.8, 4) is 0 Å². The van der Waals surface area contributed by atoms with Crippen molar-refractivity contribution in [1.82, 2.24) is 0 Å². The fourth-order valence-electron chi connectivity index (χ4n) is 2.19. The van der Waals surface area contributed by atoms with Gasteiger partial charge >= 0.3 is 5.97 Å². The van der Waals surface area contributed by atoms with Gasteiger partial charge in [-0.05, 0) is 18.6 Å². The standard InChI is InChI=1S/C17H18N2O3/c1-11(17(21)22)19-14-9-5-8-13(10-18)15(14)16(20)12-6-3-2-4-7-12/h2-9,11,19H,10,18H2,1H3,(H,21,22)/t11-/m0/s1. The van der Waals surface area contributed by atoms with Gasteiger partial charge in [-0.25, -0.2) is 0 Å². The fourth-order valence-corrected chi connectivity index (χ4v) is 2.19. The lowest BCUT2D eigenvalue weighted by atomic mass is 9.96. The van der Waals surface area contributed by atoms with Gasteiger partial charge in [0, 0.05) is 17.8 Å². The van der Waals surface area contributed by atoms with Crippen LogP contribution in [0.4, 0.5) is 5.69 Å². The summed E-state index contributed by atoms with van der Waals surface area (Å²) in [6, 6.07) is 13.2.